The van der Waals surface area contributed by atoms with Gasteiger partial charge in [0.25, 0.3) is 7.82 Å². The van der Waals surface area contributed by atoms with Gasteiger partial charge in [-0.25, -0.2) is 0 Å². The van der Waals surface area contributed by atoms with E-state index >= 15 is 0 Å². The molecule has 0 fully saturated rings. The largest absolute Gasteiger partial charge is 0.756 e. The molecule has 2 atom stereocenters. The molecule has 0 radical (unpaired) electrons. The molecule has 0 aliphatic rings. The van der Waals surface area contributed by atoms with Crippen LogP contribution in [-0.4, -0.2) is 70.7 Å². The molecule has 8 nitrogen and oxygen atoms in total. The lowest BCUT2D eigenvalue weighted by Crippen LogP contribution is -2.37. The number of esters is 1. The number of quaternary nitrogens is 1. The van der Waals surface area contributed by atoms with E-state index in [1.54, 1.807) is 0 Å². The van der Waals surface area contributed by atoms with Gasteiger partial charge in [-0.15, -0.1) is 0 Å². The molecule has 0 aromatic heterocycles. The average molecular weight is 800 g/mol. The molecule has 2 unspecified atom stereocenters. The molecule has 0 aliphatic carbocycles. The third-order valence-electron chi connectivity index (χ3n) is 10.0. The zero-order valence-corrected chi connectivity index (χ0v) is 37.8. The van der Waals surface area contributed by atoms with Crippen molar-refractivity contribution in [2.75, 3.05) is 54.1 Å². The molecule has 9 heteroatoms. The zero-order valence-electron chi connectivity index (χ0n) is 36.9. The highest BCUT2D eigenvalue weighted by Gasteiger charge is 2.20. The summed E-state index contributed by atoms with van der Waals surface area (Å²) in [6.07, 6.45) is 44.7. The van der Waals surface area contributed by atoms with Crippen LogP contribution in [0.25, 0.3) is 0 Å². The van der Waals surface area contributed by atoms with Crippen molar-refractivity contribution in [1.29, 1.82) is 0 Å². The van der Waals surface area contributed by atoms with E-state index in [2.05, 4.69) is 38.2 Å². The standard InChI is InChI=1S/C46H90NO7P/c1-6-8-10-12-14-16-18-20-22-24-26-28-30-32-34-36-38-41-51-43-45(44-53-55(49,50)52-42-40-47(3,4)5)54-46(48)39-37-35-33-31-29-27-25-23-21-19-17-15-13-11-9-7-2/h17,19,23,25,45H,6-16,18,20-22,24,26-44H2,1-5H3/b19-17-,25-23-. The second-order valence-electron chi connectivity index (χ2n) is 16.8. The second-order valence-corrected chi connectivity index (χ2v) is 18.2. The van der Waals surface area contributed by atoms with Gasteiger partial charge in [-0.1, -0.05) is 179 Å². The van der Waals surface area contributed by atoms with Crippen LogP contribution in [0.4, 0.5) is 0 Å². The Labute approximate surface area is 341 Å². The molecular weight excluding hydrogens is 709 g/mol. The third-order valence-corrected chi connectivity index (χ3v) is 11.0. The molecule has 0 N–H and O–H groups in total. The average Bonchev–Trinajstić information content (AvgIpc) is 3.13. The van der Waals surface area contributed by atoms with Crippen molar-refractivity contribution in [3.05, 3.63) is 24.3 Å². The minimum Gasteiger partial charge on any atom is -0.756 e. The Balaban J connectivity index is 4.21. The van der Waals surface area contributed by atoms with Crippen LogP contribution in [0.3, 0.4) is 0 Å². The number of carbonyl (C=O) groups excluding carboxylic acids is 1. The van der Waals surface area contributed by atoms with E-state index in [0.29, 0.717) is 24.1 Å². The fourth-order valence-corrected chi connectivity index (χ4v) is 7.13. The molecule has 0 aromatic rings. The minimum atomic E-state index is -4.53. The van der Waals surface area contributed by atoms with Crippen LogP contribution < -0.4 is 4.89 Å². The lowest BCUT2D eigenvalue weighted by Gasteiger charge is -2.28. The van der Waals surface area contributed by atoms with Crippen LogP contribution >= 0.6 is 7.82 Å². The van der Waals surface area contributed by atoms with Crippen LogP contribution in [0.15, 0.2) is 24.3 Å². The highest BCUT2D eigenvalue weighted by molar-refractivity contribution is 7.45. The summed E-state index contributed by atoms with van der Waals surface area (Å²) in [7, 11) is 1.35. The Morgan fingerprint density at radius 2 is 1.00 bits per heavy atom. The number of ether oxygens (including phenoxy) is 2. The number of likely N-dealkylation sites (N-methyl/N-ethyl adjacent to an activating group) is 1. The van der Waals surface area contributed by atoms with Gasteiger partial charge in [-0.3, -0.25) is 9.36 Å². The molecule has 0 rings (SSSR count). The van der Waals surface area contributed by atoms with E-state index in [9.17, 15) is 14.3 Å². The summed E-state index contributed by atoms with van der Waals surface area (Å²) in [5.41, 5.74) is 0. The van der Waals surface area contributed by atoms with Gasteiger partial charge < -0.3 is 27.9 Å². The maximum atomic E-state index is 12.7. The summed E-state index contributed by atoms with van der Waals surface area (Å²) < 4.78 is 34.6. The van der Waals surface area contributed by atoms with E-state index in [4.69, 9.17) is 18.5 Å². The first kappa shape index (κ1) is 54.0. The number of phosphoric acid groups is 1. The van der Waals surface area contributed by atoms with E-state index in [-0.39, 0.29) is 25.8 Å². The maximum Gasteiger partial charge on any atom is 0.306 e. The lowest BCUT2D eigenvalue weighted by molar-refractivity contribution is -0.870. The van der Waals surface area contributed by atoms with Crippen LogP contribution in [-0.2, 0) is 27.9 Å². The van der Waals surface area contributed by atoms with Crippen LogP contribution in [0.1, 0.15) is 206 Å². The molecule has 0 aromatic carbocycles. The number of allylic oxidation sites excluding steroid dienone is 4. The molecular formula is C46H90NO7P. The number of hydrogen-bond acceptors (Lipinski definition) is 7. The minimum absolute atomic E-state index is 0.0252. The SMILES string of the molecule is CCCCCC/C=C\C/C=C\CCCCCCCC(=O)OC(COCCCCCCCCCCCCCCCCCCC)COP(=O)([O-])OCC[N+](C)(C)C. The van der Waals surface area contributed by atoms with Gasteiger partial charge in [0.15, 0.2) is 0 Å². The van der Waals surface area contributed by atoms with Crippen LogP contribution in [0.5, 0.6) is 0 Å². The Bertz CT molecular complexity index is 936. The first-order valence-electron chi connectivity index (χ1n) is 23.1. The van der Waals surface area contributed by atoms with E-state index in [0.717, 1.165) is 57.8 Å². The molecule has 0 heterocycles. The van der Waals surface area contributed by atoms with Gasteiger partial charge in [0.05, 0.1) is 34.4 Å². The lowest BCUT2D eigenvalue weighted by atomic mass is 10.0. The number of hydrogen-bond donors (Lipinski definition) is 0. The fourth-order valence-electron chi connectivity index (χ4n) is 6.40. The summed E-state index contributed by atoms with van der Waals surface area (Å²) in [6.45, 7) is 5.41. The summed E-state index contributed by atoms with van der Waals surface area (Å²) in [4.78, 5) is 25.1. The van der Waals surface area contributed by atoms with Gasteiger partial charge in [0.1, 0.15) is 19.3 Å². The third kappa shape index (κ3) is 43.9. The number of nitrogens with zero attached hydrogens (tertiary/aromatic N) is 1. The van der Waals surface area contributed by atoms with Gasteiger partial charge in [-0.2, -0.15) is 0 Å². The smallest absolute Gasteiger partial charge is 0.306 e. The van der Waals surface area contributed by atoms with Crippen LogP contribution in [0, 0.1) is 0 Å². The molecule has 0 aliphatic heterocycles. The summed E-state index contributed by atoms with van der Waals surface area (Å²) in [5.74, 6) is -0.344. The van der Waals surface area contributed by atoms with Crippen molar-refractivity contribution in [2.45, 2.75) is 213 Å². The topological polar surface area (TPSA) is 94.1 Å². The van der Waals surface area contributed by atoms with Gasteiger partial charge in [0, 0.05) is 13.0 Å². The van der Waals surface area contributed by atoms with Crippen molar-refractivity contribution >= 4 is 13.8 Å². The summed E-state index contributed by atoms with van der Waals surface area (Å²) in [6, 6.07) is 0. The van der Waals surface area contributed by atoms with E-state index < -0.39 is 13.9 Å². The highest BCUT2D eigenvalue weighted by atomic mass is 31.2. The monoisotopic (exact) mass is 800 g/mol. The Morgan fingerprint density at radius 3 is 1.49 bits per heavy atom. The molecule has 0 saturated carbocycles. The Morgan fingerprint density at radius 1 is 0.564 bits per heavy atom. The quantitative estimate of drug-likeness (QED) is 0.0199. The predicted octanol–water partition coefficient (Wildman–Crippen LogP) is 13.0. The number of unbranched alkanes of at least 4 members (excludes halogenated alkanes) is 25. The predicted molar refractivity (Wildman–Crippen MR) is 231 cm³/mol. The van der Waals surface area contributed by atoms with Crippen molar-refractivity contribution in [3.8, 4) is 0 Å². The summed E-state index contributed by atoms with van der Waals surface area (Å²) >= 11 is 0. The van der Waals surface area contributed by atoms with Gasteiger partial charge >= 0.3 is 5.97 Å². The first-order valence-corrected chi connectivity index (χ1v) is 24.5. The van der Waals surface area contributed by atoms with Crippen molar-refractivity contribution < 1.29 is 37.3 Å². The fraction of sp³-hybridized carbons (Fsp3) is 0.891. The Kier molecular flexibility index (Phi) is 39.1. The summed E-state index contributed by atoms with van der Waals surface area (Å²) in [5, 5.41) is 0. The zero-order chi connectivity index (χ0) is 40.6. The van der Waals surface area contributed by atoms with Crippen molar-refractivity contribution in [3.63, 3.8) is 0 Å². The second kappa shape index (κ2) is 39.8. The number of rotatable bonds is 43. The molecule has 0 spiro atoms. The van der Waals surface area contributed by atoms with E-state index in [1.165, 1.54) is 128 Å². The normalized spacial score (nSPS) is 13.9. The van der Waals surface area contributed by atoms with Gasteiger partial charge in [0.2, 0.25) is 0 Å². The molecule has 0 saturated heterocycles. The molecule has 326 valence electrons. The van der Waals surface area contributed by atoms with Gasteiger partial charge in [-0.05, 0) is 44.9 Å². The maximum absolute atomic E-state index is 12.7. The molecule has 55 heavy (non-hydrogen) atoms. The van der Waals surface area contributed by atoms with Crippen molar-refractivity contribution in [1.82, 2.24) is 0 Å². The van der Waals surface area contributed by atoms with E-state index in [1.807, 2.05) is 21.1 Å². The number of phosphoric ester groups is 1. The van der Waals surface area contributed by atoms with Crippen LogP contribution in [0.2, 0.25) is 0 Å². The molecule has 0 amide bonds. The number of carbonyl (C=O) groups is 1. The molecule has 0 bridgehead atoms. The first-order chi connectivity index (χ1) is 26.6. The Hall–Kier alpha value is -1.02. The highest BCUT2D eigenvalue weighted by Crippen LogP contribution is 2.38. The van der Waals surface area contributed by atoms with Crippen molar-refractivity contribution in [2.24, 2.45) is 0 Å².